The highest BCUT2D eigenvalue weighted by atomic mass is 16.5. The molecule has 0 heterocycles. The van der Waals surface area contributed by atoms with Crippen molar-refractivity contribution >= 4 is 23.2 Å². The number of hydrogen-bond donors (Lipinski definition) is 2. The summed E-state index contributed by atoms with van der Waals surface area (Å²) in [5, 5.41) is 5.75. The fourth-order valence-corrected chi connectivity index (χ4v) is 3.32. The number of hydrogen-bond acceptors (Lipinski definition) is 3. The summed E-state index contributed by atoms with van der Waals surface area (Å²) in [6.45, 7) is 12.0. The Kier molecular flexibility index (Phi) is 7.22. The fourth-order valence-electron chi connectivity index (χ4n) is 3.32. The van der Waals surface area contributed by atoms with Crippen molar-refractivity contribution in [3.05, 3.63) is 89.0 Å². The van der Waals surface area contributed by atoms with Crippen molar-refractivity contribution < 1.29 is 14.3 Å². The van der Waals surface area contributed by atoms with Crippen molar-refractivity contribution in [1.82, 2.24) is 0 Å². The molecule has 0 spiro atoms. The van der Waals surface area contributed by atoms with Crippen LogP contribution in [0.3, 0.4) is 0 Å². The maximum atomic E-state index is 12.7. The van der Waals surface area contributed by atoms with Gasteiger partial charge < -0.3 is 15.4 Å². The van der Waals surface area contributed by atoms with E-state index in [1.54, 1.807) is 31.2 Å². The summed E-state index contributed by atoms with van der Waals surface area (Å²) in [4.78, 5) is 25.3. The van der Waals surface area contributed by atoms with Crippen LogP contribution in [-0.2, 0) is 10.2 Å². The van der Waals surface area contributed by atoms with Gasteiger partial charge in [0.25, 0.3) is 11.8 Å². The van der Waals surface area contributed by atoms with Crippen LogP contribution in [0.15, 0.2) is 66.7 Å². The molecular weight excluding hydrogens is 412 g/mol. The highest BCUT2D eigenvalue weighted by molar-refractivity contribution is 6.04. The first-order valence-corrected chi connectivity index (χ1v) is 11.1. The lowest BCUT2D eigenvalue weighted by Gasteiger charge is -2.19. The van der Waals surface area contributed by atoms with Gasteiger partial charge in [-0.15, -0.1) is 0 Å². The van der Waals surface area contributed by atoms with E-state index in [1.165, 1.54) is 5.56 Å². The zero-order valence-electron chi connectivity index (χ0n) is 20.2. The summed E-state index contributed by atoms with van der Waals surface area (Å²) in [5.41, 5.74) is 4.99. The number of amides is 2. The van der Waals surface area contributed by atoms with Crippen molar-refractivity contribution in [3.63, 3.8) is 0 Å². The predicted octanol–water partition coefficient (Wildman–Crippen LogP) is 6.26. The zero-order valence-corrected chi connectivity index (χ0v) is 20.2. The molecule has 0 saturated heterocycles. The molecule has 3 aromatic rings. The van der Waals surface area contributed by atoms with Crippen molar-refractivity contribution in [2.45, 2.75) is 53.1 Å². The van der Waals surface area contributed by atoms with Gasteiger partial charge in [0, 0.05) is 16.9 Å². The fraction of sp³-hybridized carbons (Fsp3) is 0.286. The van der Waals surface area contributed by atoms with Gasteiger partial charge in [0.05, 0.1) is 0 Å². The van der Waals surface area contributed by atoms with Gasteiger partial charge in [0.1, 0.15) is 5.75 Å². The van der Waals surface area contributed by atoms with Crippen LogP contribution in [0.2, 0.25) is 0 Å². The van der Waals surface area contributed by atoms with Gasteiger partial charge in [-0.1, -0.05) is 51.1 Å². The predicted molar refractivity (Wildman–Crippen MR) is 134 cm³/mol. The Balaban J connectivity index is 1.63. The third kappa shape index (κ3) is 6.45. The Morgan fingerprint density at radius 2 is 1.48 bits per heavy atom. The van der Waals surface area contributed by atoms with E-state index in [0.29, 0.717) is 22.7 Å². The third-order valence-electron chi connectivity index (χ3n) is 5.42. The first kappa shape index (κ1) is 24.1. The van der Waals surface area contributed by atoms with E-state index < -0.39 is 6.10 Å². The largest absolute Gasteiger partial charge is 0.481 e. The second-order valence-corrected chi connectivity index (χ2v) is 9.38. The third-order valence-corrected chi connectivity index (χ3v) is 5.42. The van der Waals surface area contributed by atoms with Crippen LogP contribution in [0.4, 0.5) is 11.4 Å². The quantitative estimate of drug-likeness (QED) is 0.472. The number of anilines is 2. The monoisotopic (exact) mass is 444 g/mol. The second-order valence-electron chi connectivity index (χ2n) is 9.38. The highest BCUT2D eigenvalue weighted by Crippen LogP contribution is 2.23. The maximum absolute atomic E-state index is 12.7. The molecule has 2 N–H and O–H groups in total. The van der Waals surface area contributed by atoms with E-state index in [9.17, 15) is 9.59 Å². The molecule has 33 heavy (non-hydrogen) atoms. The number of benzene rings is 3. The topological polar surface area (TPSA) is 67.4 Å². The molecule has 0 aliphatic carbocycles. The molecule has 3 rings (SSSR count). The van der Waals surface area contributed by atoms with Gasteiger partial charge in [-0.25, -0.2) is 0 Å². The maximum Gasteiger partial charge on any atom is 0.265 e. The SMILES string of the molecule is Cc1ccc(C)c(OC(C)C(=O)Nc2cccc(NC(=O)c3ccc(C(C)(C)C)cc3)c2)c1. The van der Waals surface area contributed by atoms with Crippen LogP contribution in [0.25, 0.3) is 0 Å². The van der Waals surface area contributed by atoms with Crippen LogP contribution in [0.5, 0.6) is 5.75 Å². The van der Waals surface area contributed by atoms with Crippen LogP contribution in [0, 0.1) is 13.8 Å². The number of rotatable bonds is 6. The van der Waals surface area contributed by atoms with Crippen molar-refractivity contribution in [3.8, 4) is 5.75 Å². The summed E-state index contributed by atoms with van der Waals surface area (Å²) < 4.78 is 5.86. The molecule has 3 aromatic carbocycles. The summed E-state index contributed by atoms with van der Waals surface area (Å²) >= 11 is 0. The minimum Gasteiger partial charge on any atom is -0.481 e. The van der Waals surface area contributed by atoms with Gasteiger partial charge >= 0.3 is 0 Å². The molecule has 2 amide bonds. The molecule has 0 radical (unpaired) electrons. The van der Waals surface area contributed by atoms with Gasteiger partial charge in [-0.2, -0.15) is 0 Å². The summed E-state index contributed by atoms with van der Waals surface area (Å²) in [6.07, 6.45) is -0.676. The summed E-state index contributed by atoms with van der Waals surface area (Å²) in [5.74, 6) is 0.221. The normalized spacial score (nSPS) is 12.1. The minimum atomic E-state index is -0.676. The lowest BCUT2D eigenvalue weighted by atomic mass is 9.87. The van der Waals surface area contributed by atoms with Crippen LogP contribution in [-0.4, -0.2) is 17.9 Å². The molecule has 5 nitrogen and oxygen atoms in total. The van der Waals surface area contributed by atoms with Gasteiger partial charge in [0.2, 0.25) is 0 Å². The molecule has 1 atom stereocenters. The zero-order chi connectivity index (χ0) is 24.2. The number of nitrogens with one attached hydrogen (secondary N) is 2. The van der Waals surface area contributed by atoms with Gasteiger partial charge in [-0.3, -0.25) is 9.59 Å². The number of carbonyl (C=O) groups is 2. The first-order valence-electron chi connectivity index (χ1n) is 11.1. The van der Waals surface area contributed by atoms with Crippen molar-refractivity contribution in [1.29, 1.82) is 0 Å². The number of aryl methyl sites for hydroxylation is 2. The van der Waals surface area contributed by atoms with E-state index in [4.69, 9.17) is 4.74 Å². The number of ether oxygens (including phenoxy) is 1. The lowest BCUT2D eigenvalue weighted by Crippen LogP contribution is -2.30. The highest BCUT2D eigenvalue weighted by Gasteiger charge is 2.17. The van der Waals surface area contributed by atoms with Gasteiger partial charge in [-0.05, 0) is 79.3 Å². The van der Waals surface area contributed by atoms with E-state index in [0.717, 1.165) is 11.1 Å². The van der Waals surface area contributed by atoms with E-state index in [2.05, 4.69) is 31.4 Å². The van der Waals surface area contributed by atoms with Crippen LogP contribution in [0.1, 0.15) is 54.7 Å². The molecule has 0 fully saturated rings. The van der Waals surface area contributed by atoms with E-state index >= 15 is 0 Å². The van der Waals surface area contributed by atoms with Crippen molar-refractivity contribution in [2.75, 3.05) is 10.6 Å². The Morgan fingerprint density at radius 3 is 2.12 bits per heavy atom. The molecule has 1 unspecified atom stereocenters. The van der Waals surface area contributed by atoms with Crippen molar-refractivity contribution in [2.24, 2.45) is 0 Å². The minimum absolute atomic E-state index is 0.0282. The Morgan fingerprint density at radius 1 is 0.848 bits per heavy atom. The smallest absolute Gasteiger partial charge is 0.265 e. The van der Waals surface area contributed by atoms with Gasteiger partial charge in [0.15, 0.2) is 6.10 Å². The molecular formula is C28H32N2O3. The number of carbonyl (C=O) groups excluding carboxylic acids is 2. The summed E-state index contributed by atoms with van der Waals surface area (Å²) in [6, 6.07) is 20.6. The Labute approximate surface area is 196 Å². The Bertz CT molecular complexity index is 1140. The molecule has 5 heteroatoms. The van der Waals surface area contributed by atoms with Crippen LogP contribution < -0.4 is 15.4 Å². The average Bonchev–Trinajstić information content (AvgIpc) is 2.76. The molecule has 0 saturated carbocycles. The average molecular weight is 445 g/mol. The van der Waals surface area contributed by atoms with Crippen LogP contribution >= 0.6 is 0 Å². The molecule has 0 bridgehead atoms. The molecule has 0 aliphatic heterocycles. The van der Waals surface area contributed by atoms with E-state index in [1.807, 2.05) is 56.3 Å². The standard InChI is InChI=1S/C28H32N2O3/c1-18-10-11-19(2)25(16-18)33-20(3)26(31)29-23-8-7-9-24(17-23)30-27(32)21-12-14-22(15-13-21)28(4,5)6/h7-17,20H,1-6H3,(H,29,31)(H,30,32). The van der Waals surface area contributed by atoms with E-state index in [-0.39, 0.29) is 17.2 Å². The molecule has 0 aromatic heterocycles. The first-order chi connectivity index (χ1) is 15.5. The lowest BCUT2D eigenvalue weighted by molar-refractivity contribution is -0.122. The summed E-state index contributed by atoms with van der Waals surface area (Å²) in [7, 11) is 0. The molecule has 172 valence electrons. The second kappa shape index (κ2) is 9.90. The Hall–Kier alpha value is -3.60. The molecule has 0 aliphatic rings.